The lowest BCUT2D eigenvalue weighted by Gasteiger charge is -2.11. The Kier molecular flexibility index (Phi) is 10.7. The second kappa shape index (κ2) is 12.6. The van der Waals surface area contributed by atoms with Gasteiger partial charge in [-0.2, -0.15) is 0 Å². The number of benzene rings is 1. The maximum absolute atomic E-state index is 12.8. The number of nitrogens with zero attached hydrogens (tertiary/aromatic N) is 1. The lowest BCUT2D eigenvalue weighted by molar-refractivity contribution is -0.143. The molecule has 0 heterocycles. The molecule has 0 fully saturated rings. The molecule has 2 N–H and O–H groups in total. The maximum Gasteiger partial charge on any atom is 0.305 e. The third-order valence-corrected chi connectivity index (χ3v) is 4.17. The van der Waals surface area contributed by atoms with Gasteiger partial charge in [0.1, 0.15) is 5.82 Å². The SMILES string of the molecule is CCOC(=O)CCCNC(=NC)NCCCSc1ccc(F)cc1. The Hall–Kier alpha value is -1.76. The van der Waals surface area contributed by atoms with Crippen LogP contribution < -0.4 is 10.6 Å². The topological polar surface area (TPSA) is 62.7 Å². The molecule has 0 aliphatic heterocycles. The first-order valence-corrected chi connectivity index (χ1v) is 9.12. The molecule has 0 aromatic heterocycles. The first kappa shape index (κ1) is 20.3. The Labute approximate surface area is 147 Å². The summed E-state index contributed by atoms with van der Waals surface area (Å²) in [6.45, 7) is 3.69. The van der Waals surface area contributed by atoms with Crippen molar-refractivity contribution in [3.05, 3.63) is 30.1 Å². The molecular formula is C17H26FN3O2S. The molecule has 0 radical (unpaired) electrons. The van der Waals surface area contributed by atoms with E-state index in [0.29, 0.717) is 26.0 Å². The van der Waals surface area contributed by atoms with Gasteiger partial charge in [0.05, 0.1) is 6.61 Å². The number of hydrogen-bond donors (Lipinski definition) is 2. The van der Waals surface area contributed by atoms with Gasteiger partial charge in [0.2, 0.25) is 0 Å². The summed E-state index contributed by atoms with van der Waals surface area (Å²) in [6, 6.07) is 6.53. The smallest absolute Gasteiger partial charge is 0.305 e. The molecule has 1 aromatic carbocycles. The Balaban J connectivity index is 2.07. The van der Waals surface area contributed by atoms with Gasteiger partial charge in [0.15, 0.2) is 5.96 Å². The van der Waals surface area contributed by atoms with Crippen molar-refractivity contribution in [2.24, 2.45) is 4.99 Å². The van der Waals surface area contributed by atoms with Crippen molar-refractivity contribution < 1.29 is 13.9 Å². The Morgan fingerprint density at radius 3 is 2.50 bits per heavy atom. The van der Waals surface area contributed by atoms with E-state index in [4.69, 9.17) is 4.74 Å². The number of esters is 1. The largest absolute Gasteiger partial charge is 0.466 e. The number of rotatable bonds is 10. The normalized spacial score (nSPS) is 11.2. The van der Waals surface area contributed by atoms with Crippen molar-refractivity contribution in [3.63, 3.8) is 0 Å². The highest BCUT2D eigenvalue weighted by atomic mass is 32.2. The molecule has 134 valence electrons. The molecule has 5 nitrogen and oxygen atoms in total. The fourth-order valence-electron chi connectivity index (χ4n) is 1.89. The molecule has 0 saturated heterocycles. The number of guanidine groups is 1. The molecule has 1 aromatic rings. The van der Waals surface area contributed by atoms with Crippen molar-refractivity contribution in [2.45, 2.75) is 31.1 Å². The third-order valence-electron chi connectivity index (χ3n) is 3.07. The van der Waals surface area contributed by atoms with Crippen LogP contribution in [0.3, 0.4) is 0 Å². The Morgan fingerprint density at radius 2 is 1.88 bits per heavy atom. The molecule has 1 rings (SSSR count). The number of carbonyl (C=O) groups is 1. The van der Waals surface area contributed by atoms with Crippen LogP contribution in [0.1, 0.15) is 26.2 Å². The van der Waals surface area contributed by atoms with E-state index in [1.807, 2.05) is 0 Å². The van der Waals surface area contributed by atoms with Crippen LogP contribution in [0.5, 0.6) is 0 Å². The first-order chi connectivity index (χ1) is 11.7. The quantitative estimate of drug-likeness (QED) is 0.222. The van der Waals surface area contributed by atoms with E-state index in [2.05, 4.69) is 15.6 Å². The summed E-state index contributed by atoms with van der Waals surface area (Å²) in [5.74, 6) is 1.29. The van der Waals surface area contributed by atoms with Crippen LogP contribution in [0, 0.1) is 5.82 Å². The number of hydrogen-bond acceptors (Lipinski definition) is 4. The first-order valence-electron chi connectivity index (χ1n) is 8.14. The van der Waals surface area contributed by atoms with Crippen LogP contribution in [-0.2, 0) is 9.53 Å². The number of thioether (sulfide) groups is 1. The molecular weight excluding hydrogens is 329 g/mol. The number of carbonyl (C=O) groups excluding carboxylic acids is 1. The van der Waals surface area contributed by atoms with Crippen LogP contribution in [-0.4, -0.2) is 44.4 Å². The minimum atomic E-state index is -0.209. The monoisotopic (exact) mass is 355 g/mol. The molecule has 0 amide bonds. The number of halogens is 1. The van der Waals surface area contributed by atoms with Crippen molar-refractivity contribution in [2.75, 3.05) is 32.5 Å². The fraction of sp³-hybridized carbons (Fsp3) is 0.529. The van der Waals surface area contributed by atoms with E-state index in [1.165, 1.54) is 12.1 Å². The van der Waals surface area contributed by atoms with Gasteiger partial charge in [-0.05, 0) is 49.8 Å². The summed E-state index contributed by atoms with van der Waals surface area (Å²) in [5.41, 5.74) is 0. The average Bonchev–Trinajstić information content (AvgIpc) is 2.58. The van der Waals surface area contributed by atoms with Crippen LogP contribution in [0.25, 0.3) is 0 Å². The summed E-state index contributed by atoms with van der Waals surface area (Å²) in [7, 11) is 1.72. The minimum absolute atomic E-state index is 0.167. The molecule has 0 bridgehead atoms. The van der Waals surface area contributed by atoms with Gasteiger partial charge in [-0.3, -0.25) is 9.79 Å². The van der Waals surface area contributed by atoms with Gasteiger partial charge in [-0.15, -0.1) is 11.8 Å². The number of nitrogens with one attached hydrogen (secondary N) is 2. The standard InChI is InChI=1S/C17H26FN3O2S/c1-3-23-16(22)6-4-11-20-17(19-2)21-12-5-13-24-15-9-7-14(18)8-10-15/h7-10H,3-6,11-13H2,1-2H3,(H2,19,20,21). The van der Waals surface area contributed by atoms with Crippen LogP contribution in [0.4, 0.5) is 4.39 Å². The van der Waals surface area contributed by atoms with Crippen molar-refractivity contribution in [3.8, 4) is 0 Å². The third kappa shape index (κ3) is 9.39. The van der Waals surface area contributed by atoms with Crippen LogP contribution in [0.2, 0.25) is 0 Å². The van der Waals surface area contributed by atoms with Crippen LogP contribution >= 0.6 is 11.8 Å². The molecule has 0 unspecified atom stereocenters. The Morgan fingerprint density at radius 1 is 1.21 bits per heavy atom. The molecule has 0 spiro atoms. The summed E-state index contributed by atoms with van der Waals surface area (Å²) in [4.78, 5) is 16.4. The summed E-state index contributed by atoms with van der Waals surface area (Å²) < 4.78 is 17.7. The van der Waals surface area contributed by atoms with E-state index in [-0.39, 0.29) is 11.8 Å². The van der Waals surface area contributed by atoms with Crippen molar-refractivity contribution >= 4 is 23.7 Å². The van der Waals surface area contributed by atoms with E-state index >= 15 is 0 Å². The lowest BCUT2D eigenvalue weighted by Crippen LogP contribution is -2.38. The molecule has 24 heavy (non-hydrogen) atoms. The van der Waals surface area contributed by atoms with E-state index in [9.17, 15) is 9.18 Å². The average molecular weight is 355 g/mol. The zero-order valence-electron chi connectivity index (χ0n) is 14.3. The van der Waals surface area contributed by atoms with Gasteiger partial charge in [-0.1, -0.05) is 0 Å². The molecule has 0 atom stereocenters. The van der Waals surface area contributed by atoms with Gasteiger partial charge in [0, 0.05) is 31.5 Å². The highest BCUT2D eigenvalue weighted by Crippen LogP contribution is 2.18. The Bertz CT molecular complexity index is 509. The molecule has 0 aliphatic rings. The number of aliphatic imine (C=N–C) groups is 1. The second-order valence-corrected chi connectivity index (χ2v) is 6.16. The zero-order valence-corrected chi connectivity index (χ0v) is 15.1. The summed E-state index contributed by atoms with van der Waals surface area (Å²) in [6.07, 6.45) is 2.08. The van der Waals surface area contributed by atoms with Gasteiger partial charge < -0.3 is 15.4 Å². The summed E-state index contributed by atoms with van der Waals surface area (Å²) in [5, 5.41) is 6.39. The summed E-state index contributed by atoms with van der Waals surface area (Å²) >= 11 is 1.70. The second-order valence-electron chi connectivity index (χ2n) is 4.99. The van der Waals surface area contributed by atoms with Gasteiger partial charge in [0.25, 0.3) is 0 Å². The highest BCUT2D eigenvalue weighted by molar-refractivity contribution is 7.99. The maximum atomic E-state index is 12.8. The van der Waals surface area contributed by atoms with E-state index in [1.54, 1.807) is 37.9 Å². The fourth-order valence-corrected chi connectivity index (χ4v) is 2.75. The lowest BCUT2D eigenvalue weighted by atomic mass is 10.3. The predicted molar refractivity (Wildman–Crippen MR) is 97.0 cm³/mol. The predicted octanol–water partition coefficient (Wildman–Crippen LogP) is 2.82. The minimum Gasteiger partial charge on any atom is -0.466 e. The molecule has 0 saturated carbocycles. The van der Waals surface area contributed by atoms with E-state index < -0.39 is 0 Å². The van der Waals surface area contributed by atoms with Gasteiger partial charge >= 0.3 is 5.97 Å². The van der Waals surface area contributed by atoms with Crippen molar-refractivity contribution in [1.82, 2.24) is 10.6 Å². The van der Waals surface area contributed by atoms with Gasteiger partial charge in [-0.25, -0.2) is 4.39 Å². The number of ether oxygens (including phenoxy) is 1. The van der Waals surface area contributed by atoms with Crippen LogP contribution in [0.15, 0.2) is 34.2 Å². The highest BCUT2D eigenvalue weighted by Gasteiger charge is 2.02. The molecule has 7 heteroatoms. The van der Waals surface area contributed by atoms with E-state index in [0.717, 1.165) is 29.6 Å². The zero-order chi connectivity index (χ0) is 17.6. The van der Waals surface area contributed by atoms with Crippen molar-refractivity contribution in [1.29, 1.82) is 0 Å². The molecule has 0 aliphatic carbocycles.